The van der Waals surface area contributed by atoms with Crippen LogP contribution in [0.4, 0.5) is 0 Å². The molecule has 156 valence electrons. The van der Waals surface area contributed by atoms with Gasteiger partial charge in [-0.25, -0.2) is 0 Å². The summed E-state index contributed by atoms with van der Waals surface area (Å²) in [7, 11) is 0. The smallest absolute Gasteiger partial charge is 0.225 e. The van der Waals surface area contributed by atoms with Crippen LogP contribution in [-0.2, 0) is 14.4 Å². The number of piperidine rings is 1. The third-order valence-electron chi connectivity index (χ3n) is 7.27. The molecule has 4 fully saturated rings. The van der Waals surface area contributed by atoms with Gasteiger partial charge in [-0.15, -0.1) is 0 Å². The number of hydrogen-bond donors (Lipinski definition) is 0. The summed E-state index contributed by atoms with van der Waals surface area (Å²) in [6, 6.07) is 0. The molecule has 0 unspecified atom stereocenters. The first-order valence-electron chi connectivity index (χ1n) is 11.5. The van der Waals surface area contributed by atoms with Crippen LogP contribution < -0.4 is 0 Å². The Labute approximate surface area is 168 Å². The van der Waals surface area contributed by atoms with Crippen molar-refractivity contribution in [1.82, 2.24) is 14.7 Å². The van der Waals surface area contributed by atoms with Gasteiger partial charge in [-0.2, -0.15) is 0 Å². The molecule has 0 atom stereocenters. The van der Waals surface area contributed by atoms with Crippen LogP contribution in [0.1, 0.15) is 64.2 Å². The van der Waals surface area contributed by atoms with Crippen molar-refractivity contribution in [1.29, 1.82) is 0 Å². The number of carbonyl (C=O) groups is 3. The minimum atomic E-state index is 0.0490. The molecule has 4 rings (SSSR count). The van der Waals surface area contributed by atoms with Gasteiger partial charge in [-0.05, 0) is 38.0 Å². The average molecular weight is 390 g/mol. The Morgan fingerprint density at radius 1 is 0.607 bits per heavy atom. The first-order valence-corrected chi connectivity index (χ1v) is 11.5. The summed E-state index contributed by atoms with van der Waals surface area (Å²) in [4.78, 5) is 43.4. The van der Waals surface area contributed by atoms with E-state index in [0.29, 0.717) is 38.5 Å². The molecule has 0 aromatic rings. The van der Waals surface area contributed by atoms with Crippen LogP contribution in [0.2, 0.25) is 0 Å². The summed E-state index contributed by atoms with van der Waals surface area (Å²) in [5.74, 6) is 1.88. The van der Waals surface area contributed by atoms with Gasteiger partial charge in [0.1, 0.15) is 0 Å². The summed E-state index contributed by atoms with van der Waals surface area (Å²) in [6.45, 7) is 4.13. The minimum absolute atomic E-state index is 0.0490. The first-order chi connectivity index (χ1) is 13.6. The van der Waals surface area contributed by atoms with E-state index in [9.17, 15) is 14.4 Å². The van der Waals surface area contributed by atoms with E-state index in [-0.39, 0.29) is 23.7 Å². The summed E-state index contributed by atoms with van der Waals surface area (Å²) in [5.41, 5.74) is 0. The standard InChI is InChI=1S/C22H35N3O3/c26-20(8-5-17-3-1-2-4-17)23-13-15-25(16-14-23)22(28)19-9-11-24(12-10-19)21(27)18-6-7-18/h17-19H,1-16H2. The van der Waals surface area contributed by atoms with E-state index in [1.54, 1.807) is 0 Å². The fourth-order valence-electron chi connectivity index (χ4n) is 5.15. The molecule has 3 amide bonds. The Hall–Kier alpha value is -1.59. The molecule has 0 aromatic carbocycles. The van der Waals surface area contributed by atoms with Gasteiger partial charge in [0, 0.05) is 57.5 Å². The molecule has 0 spiro atoms. The highest BCUT2D eigenvalue weighted by molar-refractivity contribution is 5.82. The van der Waals surface area contributed by atoms with E-state index in [0.717, 1.165) is 51.1 Å². The maximum Gasteiger partial charge on any atom is 0.225 e. The second-order valence-corrected chi connectivity index (χ2v) is 9.27. The summed E-state index contributed by atoms with van der Waals surface area (Å²) in [6.07, 6.45) is 10.6. The van der Waals surface area contributed by atoms with Crippen LogP contribution in [-0.4, -0.2) is 71.7 Å². The number of nitrogens with zero attached hydrogens (tertiary/aromatic N) is 3. The molecule has 4 aliphatic rings. The molecular weight excluding hydrogens is 354 g/mol. The van der Waals surface area contributed by atoms with Crippen molar-refractivity contribution in [2.24, 2.45) is 17.8 Å². The Bertz CT molecular complexity index is 582. The SMILES string of the molecule is O=C(CCC1CCCC1)N1CCN(C(=O)C2CCN(C(=O)C3CC3)CC2)CC1. The molecule has 2 aliphatic heterocycles. The predicted octanol–water partition coefficient (Wildman–Crippen LogP) is 2.28. The molecule has 2 heterocycles. The Kier molecular flexibility index (Phi) is 6.22. The minimum Gasteiger partial charge on any atom is -0.342 e. The highest BCUT2D eigenvalue weighted by Crippen LogP contribution is 2.33. The summed E-state index contributed by atoms with van der Waals surface area (Å²) >= 11 is 0. The molecule has 2 aliphatic carbocycles. The highest BCUT2D eigenvalue weighted by atomic mass is 16.2. The van der Waals surface area contributed by atoms with Crippen LogP contribution in [0.25, 0.3) is 0 Å². The normalized spacial score (nSPS) is 24.6. The van der Waals surface area contributed by atoms with Crippen molar-refractivity contribution >= 4 is 17.7 Å². The maximum atomic E-state index is 12.9. The molecule has 0 N–H and O–H groups in total. The number of carbonyl (C=O) groups excluding carboxylic acids is 3. The highest BCUT2D eigenvalue weighted by Gasteiger charge is 2.37. The van der Waals surface area contributed by atoms with Gasteiger partial charge in [0.2, 0.25) is 17.7 Å². The van der Waals surface area contributed by atoms with E-state index < -0.39 is 0 Å². The average Bonchev–Trinajstić information content (AvgIpc) is 3.46. The van der Waals surface area contributed by atoms with Crippen LogP contribution >= 0.6 is 0 Å². The predicted molar refractivity (Wildman–Crippen MR) is 106 cm³/mol. The quantitative estimate of drug-likeness (QED) is 0.725. The molecule has 6 nitrogen and oxygen atoms in total. The molecule has 2 saturated heterocycles. The Morgan fingerprint density at radius 3 is 1.68 bits per heavy atom. The second kappa shape index (κ2) is 8.83. The van der Waals surface area contributed by atoms with Crippen LogP contribution in [0.5, 0.6) is 0 Å². The van der Waals surface area contributed by atoms with Gasteiger partial charge >= 0.3 is 0 Å². The molecule has 6 heteroatoms. The molecule has 0 aromatic heterocycles. The lowest BCUT2D eigenvalue weighted by Gasteiger charge is -2.38. The van der Waals surface area contributed by atoms with E-state index in [2.05, 4.69) is 0 Å². The van der Waals surface area contributed by atoms with Crippen LogP contribution in [0, 0.1) is 17.8 Å². The van der Waals surface area contributed by atoms with E-state index in [1.807, 2.05) is 14.7 Å². The molecular formula is C22H35N3O3. The van der Waals surface area contributed by atoms with Gasteiger partial charge in [0.25, 0.3) is 0 Å². The third-order valence-corrected chi connectivity index (χ3v) is 7.27. The Balaban J connectivity index is 1.16. The number of piperazine rings is 1. The van der Waals surface area contributed by atoms with Crippen molar-refractivity contribution in [2.45, 2.75) is 64.2 Å². The van der Waals surface area contributed by atoms with E-state index in [4.69, 9.17) is 0 Å². The first kappa shape index (κ1) is 19.7. The molecule has 0 bridgehead atoms. The number of amides is 3. The van der Waals surface area contributed by atoms with Gasteiger partial charge in [0.15, 0.2) is 0 Å². The number of likely N-dealkylation sites (tertiary alicyclic amines) is 1. The molecule has 0 radical (unpaired) electrons. The van der Waals surface area contributed by atoms with Crippen molar-refractivity contribution < 1.29 is 14.4 Å². The van der Waals surface area contributed by atoms with Gasteiger partial charge in [0.05, 0.1) is 0 Å². The van der Waals surface area contributed by atoms with Gasteiger partial charge in [-0.3, -0.25) is 14.4 Å². The zero-order valence-electron chi connectivity index (χ0n) is 17.1. The van der Waals surface area contributed by atoms with Crippen molar-refractivity contribution in [2.75, 3.05) is 39.3 Å². The Morgan fingerprint density at radius 2 is 1.11 bits per heavy atom. The zero-order valence-corrected chi connectivity index (χ0v) is 17.1. The second-order valence-electron chi connectivity index (χ2n) is 9.27. The molecule has 2 saturated carbocycles. The number of rotatable bonds is 5. The fourth-order valence-corrected chi connectivity index (χ4v) is 5.15. The topological polar surface area (TPSA) is 60.9 Å². The largest absolute Gasteiger partial charge is 0.342 e. The van der Waals surface area contributed by atoms with Gasteiger partial charge in [-0.1, -0.05) is 25.7 Å². The fraction of sp³-hybridized carbons (Fsp3) is 0.864. The van der Waals surface area contributed by atoms with Crippen LogP contribution in [0.15, 0.2) is 0 Å². The maximum absolute atomic E-state index is 12.9. The van der Waals surface area contributed by atoms with Crippen molar-refractivity contribution in [3.05, 3.63) is 0 Å². The molecule has 28 heavy (non-hydrogen) atoms. The lowest BCUT2D eigenvalue weighted by Crippen LogP contribution is -2.53. The van der Waals surface area contributed by atoms with Crippen LogP contribution in [0.3, 0.4) is 0 Å². The summed E-state index contributed by atoms with van der Waals surface area (Å²) in [5, 5.41) is 0. The zero-order chi connectivity index (χ0) is 19.5. The lowest BCUT2D eigenvalue weighted by molar-refractivity contribution is -0.145. The van der Waals surface area contributed by atoms with Crippen molar-refractivity contribution in [3.63, 3.8) is 0 Å². The van der Waals surface area contributed by atoms with E-state index >= 15 is 0 Å². The number of hydrogen-bond acceptors (Lipinski definition) is 3. The monoisotopic (exact) mass is 389 g/mol. The van der Waals surface area contributed by atoms with E-state index in [1.165, 1.54) is 25.7 Å². The third kappa shape index (κ3) is 4.69. The van der Waals surface area contributed by atoms with Gasteiger partial charge < -0.3 is 14.7 Å². The van der Waals surface area contributed by atoms with Crippen molar-refractivity contribution in [3.8, 4) is 0 Å². The summed E-state index contributed by atoms with van der Waals surface area (Å²) < 4.78 is 0. The lowest BCUT2D eigenvalue weighted by atomic mass is 9.94.